The molecule has 0 aromatic heterocycles. The highest BCUT2D eigenvalue weighted by Gasteiger charge is 2.08. The Bertz CT molecular complexity index is 586. The van der Waals surface area contributed by atoms with Crippen LogP contribution in [0.15, 0.2) is 54.6 Å². The van der Waals surface area contributed by atoms with Gasteiger partial charge in [0.1, 0.15) is 0 Å². The Morgan fingerprint density at radius 2 is 1.71 bits per heavy atom. The predicted octanol–water partition coefficient (Wildman–Crippen LogP) is 3.42. The Hall–Kier alpha value is -1.84. The maximum Gasteiger partial charge on any atom is 0.251 e. The molecule has 0 fully saturated rings. The molecule has 0 radical (unpaired) electrons. The molecule has 0 aliphatic rings. The maximum atomic E-state index is 11.9. The second kappa shape index (κ2) is 7.81. The normalized spacial score (nSPS) is 11.9. The van der Waals surface area contributed by atoms with Crippen LogP contribution in [0.1, 0.15) is 28.9 Å². The standard InChI is InChI=1S/C17H19ClN2O/c1-13(15-9-5-6-10-16(15)18)19-11-12-20-17(21)14-7-3-2-4-8-14/h2-10,13,19H,11-12H2,1H3,(H,20,21). The van der Waals surface area contributed by atoms with Crippen molar-refractivity contribution in [1.82, 2.24) is 10.6 Å². The largest absolute Gasteiger partial charge is 0.351 e. The molecule has 1 unspecified atom stereocenters. The Balaban J connectivity index is 1.75. The van der Waals surface area contributed by atoms with Crippen LogP contribution < -0.4 is 10.6 Å². The van der Waals surface area contributed by atoms with Gasteiger partial charge in [0.15, 0.2) is 0 Å². The molecule has 3 nitrogen and oxygen atoms in total. The molecule has 0 saturated carbocycles. The van der Waals surface area contributed by atoms with Gasteiger partial charge in [-0.3, -0.25) is 4.79 Å². The summed E-state index contributed by atoms with van der Waals surface area (Å²) in [5.74, 6) is -0.0530. The first-order valence-corrected chi connectivity index (χ1v) is 7.37. The summed E-state index contributed by atoms with van der Waals surface area (Å²) in [5.41, 5.74) is 1.74. The number of halogens is 1. The van der Waals surface area contributed by atoms with Gasteiger partial charge in [0.05, 0.1) is 0 Å². The highest BCUT2D eigenvalue weighted by molar-refractivity contribution is 6.31. The van der Waals surface area contributed by atoms with Crippen molar-refractivity contribution in [3.05, 3.63) is 70.7 Å². The molecule has 0 spiro atoms. The fraction of sp³-hybridized carbons (Fsp3) is 0.235. The van der Waals surface area contributed by atoms with Crippen LogP contribution in [0, 0.1) is 0 Å². The molecular weight excluding hydrogens is 284 g/mol. The lowest BCUT2D eigenvalue weighted by atomic mass is 10.1. The van der Waals surface area contributed by atoms with Gasteiger partial charge in [0.2, 0.25) is 0 Å². The van der Waals surface area contributed by atoms with Gasteiger partial charge in [-0.1, -0.05) is 48.0 Å². The van der Waals surface area contributed by atoms with Gasteiger partial charge >= 0.3 is 0 Å². The van der Waals surface area contributed by atoms with Crippen LogP contribution in [-0.2, 0) is 0 Å². The van der Waals surface area contributed by atoms with E-state index in [4.69, 9.17) is 11.6 Å². The number of carbonyl (C=O) groups excluding carboxylic acids is 1. The molecule has 110 valence electrons. The third-order valence-corrected chi connectivity index (χ3v) is 3.61. The van der Waals surface area contributed by atoms with Crippen LogP contribution in [0.3, 0.4) is 0 Å². The highest BCUT2D eigenvalue weighted by Crippen LogP contribution is 2.21. The van der Waals surface area contributed by atoms with E-state index < -0.39 is 0 Å². The van der Waals surface area contributed by atoms with Crippen molar-refractivity contribution >= 4 is 17.5 Å². The van der Waals surface area contributed by atoms with Gasteiger partial charge in [-0.15, -0.1) is 0 Å². The smallest absolute Gasteiger partial charge is 0.251 e. The number of carbonyl (C=O) groups is 1. The molecule has 0 aliphatic carbocycles. The van der Waals surface area contributed by atoms with Gasteiger partial charge in [-0.25, -0.2) is 0 Å². The minimum atomic E-state index is -0.0530. The Morgan fingerprint density at radius 3 is 2.43 bits per heavy atom. The molecular formula is C17H19ClN2O. The topological polar surface area (TPSA) is 41.1 Å². The summed E-state index contributed by atoms with van der Waals surface area (Å²) >= 11 is 6.15. The average Bonchev–Trinajstić information content (AvgIpc) is 2.52. The number of rotatable bonds is 6. The summed E-state index contributed by atoms with van der Waals surface area (Å²) in [5, 5.41) is 6.99. The van der Waals surface area contributed by atoms with Crippen molar-refractivity contribution in [2.24, 2.45) is 0 Å². The zero-order valence-corrected chi connectivity index (χ0v) is 12.7. The summed E-state index contributed by atoms with van der Waals surface area (Å²) in [7, 11) is 0. The summed E-state index contributed by atoms with van der Waals surface area (Å²) in [6.07, 6.45) is 0. The Kier molecular flexibility index (Phi) is 5.78. The Morgan fingerprint density at radius 1 is 1.05 bits per heavy atom. The molecule has 2 rings (SSSR count). The molecule has 0 saturated heterocycles. The van der Waals surface area contributed by atoms with Crippen LogP contribution in [-0.4, -0.2) is 19.0 Å². The minimum absolute atomic E-state index is 0.0530. The maximum absolute atomic E-state index is 11.9. The summed E-state index contributed by atoms with van der Waals surface area (Å²) in [4.78, 5) is 11.9. The molecule has 4 heteroatoms. The minimum Gasteiger partial charge on any atom is -0.351 e. The first kappa shape index (κ1) is 15.5. The van der Waals surface area contributed by atoms with Gasteiger partial charge < -0.3 is 10.6 Å². The Labute approximate surface area is 130 Å². The van der Waals surface area contributed by atoms with E-state index in [-0.39, 0.29) is 11.9 Å². The van der Waals surface area contributed by atoms with Crippen LogP contribution in [0.5, 0.6) is 0 Å². The van der Waals surface area contributed by atoms with Crippen molar-refractivity contribution in [2.45, 2.75) is 13.0 Å². The molecule has 2 N–H and O–H groups in total. The highest BCUT2D eigenvalue weighted by atomic mass is 35.5. The fourth-order valence-corrected chi connectivity index (χ4v) is 2.39. The van der Waals surface area contributed by atoms with Gasteiger partial charge in [0.25, 0.3) is 5.91 Å². The first-order valence-electron chi connectivity index (χ1n) is 6.99. The van der Waals surface area contributed by atoms with E-state index in [9.17, 15) is 4.79 Å². The van der Waals surface area contributed by atoms with Crippen LogP contribution >= 0.6 is 11.6 Å². The fourth-order valence-electron chi connectivity index (χ4n) is 2.09. The van der Waals surface area contributed by atoms with E-state index >= 15 is 0 Å². The summed E-state index contributed by atoms with van der Waals surface area (Å²) in [6.45, 7) is 3.31. The van der Waals surface area contributed by atoms with Gasteiger partial charge in [-0.05, 0) is 30.7 Å². The third-order valence-electron chi connectivity index (χ3n) is 3.27. The van der Waals surface area contributed by atoms with Crippen molar-refractivity contribution in [3.8, 4) is 0 Å². The van der Waals surface area contributed by atoms with Crippen LogP contribution in [0.4, 0.5) is 0 Å². The lowest BCUT2D eigenvalue weighted by Gasteiger charge is -2.15. The van der Waals surface area contributed by atoms with E-state index in [0.717, 1.165) is 10.6 Å². The molecule has 21 heavy (non-hydrogen) atoms. The van der Waals surface area contributed by atoms with E-state index in [1.165, 1.54) is 0 Å². The quantitative estimate of drug-likeness (QED) is 0.803. The number of hydrogen-bond donors (Lipinski definition) is 2. The zero-order chi connectivity index (χ0) is 15.1. The molecule has 1 atom stereocenters. The SMILES string of the molecule is CC(NCCNC(=O)c1ccccc1)c1ccccc1Cl. The van der Waals surface area contributed by atoms with Crippen LogP contribution in [0.2, 0.25) is 5.02 Å². The van der Waals surface area contributed by atoms with Gasteiger partial charge in [0, 0.05) is 29.7 Å². The number of benzene rings is 2. The number of hydrogen-bond acceptors (Lipinski definition) is 2. The first-order chi connectivity index (χ1) is 10.2. The molecule has 2 aromatic carbocycles. The number of amides is 1. The lowest BCUT2D eigenvalue weighted by molar-refractivity contribution is 0.0953. The van der Waals surface area contributed by atoms with E-state index in [0.29, 0.717) is 18.7 Å². The molecule has 1 amide bonds. The number of nitrogens with one attached hydrogen (secondary N) is 2. The predicted molar refractivity (Wildman–Crippen MR) is 86.6 cm³/mol. The molecule has 0 heterocycles. The lowest BCUT2D eigenvalue weighted by Crippen LogP contribution is -2.33. The van der Waals surface area contributed by atoms with Crippen molar-refractivity contribution in [3.63, 3.8) is 0 Å². The van der Waals surface area contributed by atoms with Crippen LogP contribution in [0.25, 0.3) is 0 Å². The summed E-state index contributed by atoms with van der Waals surface area (Å²) < 4.78 is 0. The monoisotopic (exact) mass is 302 g/mol. The summed E-state index contributed by atoms with van der Waals surface area (Å²) in [6, 6.07) is 17.1. The van der Waals surface area contributed by atoms with E-state index in [1.807, 2.05) is 42.5 Å². The van der Waals surface area contributed by atoms with E-state index in [1.54, 1.807) is 12.1 Å². The average molecular weight is 303 g/mol. The molecule has 0 bridgehead atoms. The van der Waals surface area contributed by atoms with Crippen molar-refractivity contribution in [2.75, 3.05) is 13.1 Å². The molecule has 2 aromatic rings. The third kappa shape index (κ3) is 4.59. The van der Waals surface area contributed by atoms with Crippen molar-refractivity contribution in [1.29, 1.82) is 0 Å². The second-order valence-electron chi connectivity index (χ2n) is 4.82. The van der Waals surface area contributed by atoms with E-state index in [2.05, 4.69) is 17.6 Å². The van der Waals surface area contributed by atoms with Crippen molar-refractivity contribution < 1.29 is 4.79 Å². The zero-order valence-electron chi connectivity index (χ0n) is 12.0. The van der Waals surface area contributed by atoms with Gasteiger partial charge in [-0.2, -0.15) is 0 Å². The second-order valence-corrected chi connectivity index (χ2v) is 5.23. The molecule has 0 aliphatic heterocycles.